The SMILES string of the molecule is CCC(C)(C)NCC(=O)N1c2ccccc2CCc2ccc(NC(=O)OC(C)C)cc21. The van der Waals surface area contributed by atoms with E-state index < -0.39 is 6.09 Å². The molecule has 0 aromatic heterocycles. The first-order chi connectivity index (χ1) is 14.7. The highest BCUT2D eigenvalue weighted by Crippen LogP contribution is 2.37. The Bertz CT molecular complexity index is 953. The van der Waals surface area contributed by atoms with Gasteiger partial charge in [0.1, 0.15) is 0 Å². The van der Waals surface area contributed by atoms with Crippen LogP contribution in [0.5, 0.6) is 0 Å². The summed E-state index contributed by atoms with van der Waals surface area (Å²) in [4.78, 5) is 27.4. The molecule has 2 aromatic carbocycles. The van der Waals surface area contributed by atoms with Crippen LogP contribution in [0.1, 0.15) is 52.2 Å². The molecule has 1 heterocycles. The molecule has 0 saturated carbocycles. The van der Waals surface area contributed by atoms with Gasteiger partial charge in [0.05, 0.1) is 24.0 Å². The molecule has 0 fully saturated rings. The molecule has 0 unspecified atom stereocenters. The average molecular weight is 424 g/mol. The van der Waals surface area contributed by atoms with Gasteiger partial charge < -0.3 is 10.1 Å². The molecule has 1 aliphatic rings. The molecule has 0 spiro atoms. The summed E-state index contributed by atoms with van der Waals surface area (Å²) in [6.07, 6.45) is 1.87. The van der Waals surface area contributed by atoms with E-state index in [9.17, 15) is 9.59 Å². The first kappa shape index (κ1) is 22.8. The number of para-hydroxylation sites is 1. The predicted octanol–water partition coefficient (Wildman–Crippen LogP) is 5.19. The van der Waals surface area contributed by atoms with Crippen LogP contribution < -0.4 is 15.5 Å². The van der Waals surface area contributed by atoms with Crippen molar-refractivity contribution in [1.82, 2.24) is 5.32 Å². The highest BCUT2D eigenvalue weighted by atomic mass is 16.6. The third-order valence-electron chi connectivity index (χ3n) is 5.66. The van der Waals surface area contributed by atoms with Crippen molar-refractivity contribution in [3.8, 4) is 0 Å². The van der Waals surface area contributed by atoms with Gasteiger partial charge in [-0.05, 0) is 76.3 Å². The second-order valence-corrected chi connectivity index (χ2v) is 8.87. The van der Waals surface area contributed by atoms with Crippen molar-refractivity contribution in [3.05, 3.63) is 53.6 Å². The fraction of sp³-hybridized carbons (Fsp3) is 0.440. The number of benzene rings is 2. The van der Waals surface area contributed by atoms with Crippen molar-refractivity contribution >= 4 is 29.1 Å². The van der Waals surface area contributed by atoms with Crippen molar-refractivity contribution < 1.29 is 14.3 Å². The Hall–Kier alpha value is -2.86. The quantitative estimate of drug-likeness (QED) is 0.671. The monoisotopic (exact) mass is 423 g/mol. The van der Waals surface area contributed by atoms with Crippen molar-refractivity contribution in [1.29, 1.82) is 0 Å². The Labute approximate surface area is 185 Å². The molecule has 0 bridgehead atoms. The van der Waals surface area contributed by atoms with Crippen molar-refractivity contribution in [2.45, 2.75) is 65.5 Å². The molecule has 0 saturated heterocycles. The maximum Gasteiger partial charge on any atom is 0.411 e. The zero-order valence-electron chi connectivity index (χ0n) is 19.1. The summed E-state index contributed by atoms with van der Waals surface area (Å²) in [5.74, 6) is -0.0287. The molecule has 1 aliphatic heterocycles. The Morgan fingerprint density at radius 3 is 2.42 bits per heavy atom. The third kappa shape index (κ3) is 5.64. The van der Waals surface area contributed by atoms with E-state index in [0.29, 0.717) is 5.69 Å². The summed E-state index contributed by atoms with van der Waals surface area (Å²) >= 11 is 0. The number of nitrogens with one attached hydrogen (secondary N) is 2. The smallest absolute Gasteiger partial charge is 0.411 e. The fourth-order valence-corrected chi connectivity index (χ4v) is 3.55. The van der Waals surface area contributed by atoms with Crippen LogP contribution in [0.3, 0.4) is 0 Å². The number of hydrogen-bond acceptors (Lipinski definition) is 4. The number of nitrogens with zero attached hydrogens (tertiary/aromatic N) is 1. The number of anilines is 3. The lowest BCUT2D eigenvalue weighted by Crippen LogP contribution is -2.45. The number of carbonyl (C=O) groups is 2. The third-order valence-corrected chi connectivity index (χ3v) is 5.66. The number of hydrogen-bond donors (Lipinski definition) is 2. The van der Waals surface area contributed by atoms with Crippen LogP contribution in [-0.2, 0) is 22.4 Å². The highest BCUT2D eigenvalue weighted by molar-refractivity contribution is 6.04. The van der Waals surface area contributed by atoms with Gasteiger partial charge in [0.2, 0.25) is 5.91 Å². The topological polar surface area (TPSA) is 70.7 Å². The van der Waals surface area contributed by atoms with Crippen molar-refractivity contribution in [3.63, 3.8) is 0 Å². The predicted molar refractivity (Wildman–Crippen MR) is 125 cm³/mol. The summed E-state index contributed by atoms with van der Waals surface area (Å²) in [6.45, 7) is 10.1. The van der Waals surface area contributed by atoms with E-state index in [1.807, 2.05) is 36.4 Å². The Balaban J connectivity index is 1.97. The normalized spacial score (nSPS) is 13.3. The molecule has 3 rings (SSSR count). The molecule has 0 aliphatic carbocycles. The number of ether oxygens (including phenoxy) is 1. The van der Waals surface area contributed by atoms with Crippen molar-refractivity contribution in [2.24, 2.45) is 0 Å². The first-order valence-electron chi connectivity index (χ1n) is 11.0. The second kappa shape index (κ2) is 9.52. The van der Waals surface area contributed by atoms with Gasteiger partial charge >= 0.3 is 6.09 Å². The minimum Gasteiger partial charge on any atom is -0.447 e. The summed E-state index contributed by atoms with van der Waals surface area (Å²) in [6, 6.07) is 13.7. The van der Waals surface area contributed by atoms with Gasteiger partial charge in [-0.15, -0.1) is 0 Å². The maximum atomic E-state index is 13.5. The van der Waals surface area contributed by atoms with E-state index in [0.717, 1.165) is 41.8 Å². The molecule has 2 amide bonds. The van der Waals surface area contributed by atoms with Gasteiger partial charge in [0, 0.05) is 11.2 Å². The van der Waals surface area contributed by atoms with E-state index in [2.05, 4.69) is 37.5 Å². The van der Waals surface area contributed by atoms with Gasteiger partial charge in [-0.2, -0.15) is 0 Å². The molecule has 0 atom stereocenters. The number of aryl methyl sites for hydroxylation is 2. The van der Waals surface area contributed by atoms with Gasteiger partial charge in [-0.25, -0.2) is 4.79 Å². The lowest BCUT2D eigenvalue weighted by atomic mass is 10.0. The van der Waals surface area contributed by atoms with Gasteiger partial charge in [0.15, 0.2) is 0 Å². The lowest BCUT2D eigenvalue weighted by Gasteiger charge is -2.29. The fourth-order valence-electron chi connectivity index (χ4n) is 3.55. The average Bonchev–Trinajstić information content (AvgIpc) is 2.88. The highest BCUT2D eigenvalue weighted by Gasteiger charge is 2.27. The zero-order chi connectivity index (χ0) is 22.6. The van der Waals surface area contributed by atoms with Crippen LogP contribution >= 0.6 is 0 Å². The van der Waals surface area contributed by atoms with Crippen LogP contribution in [0.25, 0.3) is 0 Å². The molecule has 31 heavy (non-hydrogen) atoms. The Morgan fingerprint density at radius 2 is 1.74 bits per heavy atom. The van der Waals surface area contributed by atoms with Crippen LogP contribution in [0, 0.1) is 0 Å². The van der Waals surface area contributed by atoms with E-state index in [4.69, 9.17) is 4.74 Å². The summed E-state index contributed by atoms with van der Waals surface area (Å²) in [7, 11) is 0. The van der Waals surface area contributed by atoms with Gasteiger partial charge in [0.25, 0.3) is 0 Å². The summed E-state index contributed by atoms with van der Waals surface area (Å²) in [5.41, 5.74) is 4.37. The molecular weight excluding hydrogens is 390 g/mol. The lowest BCUT2D eigenvalue weighted by molar-refractivity contribution is -0.117. The van der Waals surface area contributed by atoms with Crippen LogP contribution in [-0.4, -0.2) is 30.2 Å². The van der Waals surface area contributed by atoms with Gasteiger partial charge in [-0.1, -0.05) is 31.2 Å². The van der Waals surface area contributed by atoms with E-state index >= 15 is 0 Å². The number of rotatable bonds is 6. The minimum absolute atomic E-state index is 0.0287. The minimum atomic E-state index is -0.506. The number of amides is 2. The van der Waals surface area contributed by atoms with Crippen molar-refractivity contribution in [2.75, 3.05) is 16.8 Å². The van der Waals surface area contributed by atoms with Crippen LogP contribution in [0.4, 0.5) is 21.9 Å². The standard InChI is InChI=1S/C25H33N3O3/c1-6-25(4,5)26-16-23(29)28-21-10-8-7-9-18(21)11-12-19-13-14-20(15-22(19)28)27-24(30)31-17(2)3/h7-10,13-15,17,26H,6,11-12,16H2,1-5H3,(H,27,30). The Morgan fingerprint density at radius 1 is 1.06 bits per heavy atom. The second-order valence-electron chi connectivity index (χ2n) is 8.87. The zero-order valence-corrected chi connectivity index (χ0v) is 19.1. The van der Waals surface area contributed by atoms with Gasteiger partial charge in [-0.3, -0.25) is 15.0 Å². The molecule has 166 valence electrons. The van der Waals surface area contributed by atoms with Crippen LogP contribution in [0.15, 0.2) is 42.5 Å². The van der Waals surface area contributed by atoms with E-state index in [1.165, 1.54) is 0 Å². The van der Waals surface area contributed by atoms with Crippen LogP contribution in [0.2, 0.25) is 0 Å². The molecular formula is C25H33N3O3. The Kier molecular flexibility index (Phi) is 7.01. The number of carbonyl (C=O) groups excluding carboxylic acids is 2. The molecule has 6 nitrogen and oxygen atoms in total. The summed E-state index contributed by atoms with van der Waals surface area (Å²) in [5, 5.41) is 6.15. The maximum absolute atomic E-state index is 13.5. The van der Waals surface area contributed by atoms with E-state index in [1.54, 1.807) is 18.7 Å². The molecule has 2 aromatic rings. The molecule has 2 N–H and O–H groups in total. The largest absolute Gasteiger partial charge is 0.447 e. The molecule has 0 radical (unpaired) electrons. The first-order valence-corrected chi connectivity index (χ1v) is 11.0. The van der Waals surface area contributed by atoms with E-state index in [-0.39, 0.29) is 24.1 Å². The summed E-state index contributed by atoms with van der Waals surface area (Å²) < 4.78 is 5.20. The molecule has 6 heteroatoms. The number of fused-ring (bicyclic) bond motifs is 2.